The molecular formula is C31H45N5O3S. The summed E-state index contributed by atoms with van der Waals surface area (Å²) in [6.45, 7) is 14.9. The molecule has 5 rings (SSSR count). The maximum absolute atomic E-state index is 13.0. The summed E-state index contributed by atoms with van der Waals surface area (Å²) in [7, 11) is -1.77. The minimum atomic E-state index is -3.37. The third-order valence-electron chi connectivity index (χ3n) is 8.89. The zero-order valence-corrected chi connectivity index (χ0v) is 25.2. The summed E-state index contributed by atoms with van der Waals surface area (Å²) in [6.07, 6.45) is 1.26. The largest absolute Gasteiger partial charge is 0.385 e. The van der Waals surface area contributed by atoms with Crippen molar-refractivity contribution in [2.45, 2.75) is 37.2 Å². The lowest BCUT2D eigenvalue weighted by Gasteiger charge is -2.49. The molecule has 2 aromatic carbocycles. The Labute approximate surface area is 240 Å². The number of amidine groups is 1. The second-order valence-electron chi connectivity index (χ2n) is 11.1. The number of sulfone groups is 1. The normalized spacial score (nSPS) is 23.2. The van der Waals surface area contributed by atoms with Crippen molar-refractivity contribution in [2.24, 2.45) is 4.99 Å². The molecule has 0 N–H and O–H groups in total. The van der Waals surface area contributed by atoms with Gasteiger partial charge in [0.1, 0.15) is 11.5 Å². The Morgan fingerprint density at radius 1 is 0.850 bits per heavy atom. The first kappa shape index (κ1) is 29.2. The molecule has 3 aliphatic heterocycles. The average molecular weight is 568 g/mol. The van der Waals surface area contributed by atoms with Crippen LogP contribution >= 0.6 is 0 Å². The lowest BCUT2D eigenvalue weighted by Crippen LogP contribution is -2.58. The van der Waals surface area contributed by atoms with E-state index in [0.29, 0.717) is 17.9 Å². The topological polar surface area (TPSA) is 68.7 Å². The summed E-state index contributed by atoms with van der Waals surface area (Å²) < 4.78 is 31.1. The number of methoxy groups -OCH3 is 1. The lowest BCUT2D eigenvalue weighted by atomic mass is 9.84. The van der Waals surface area contributed by atoms with Gasteiger partial charge in [0.2, 0.25) is 0 Å². The van der Waals surface area contributed by atoms with E-state index in [9.17, 15) is 8.42 Å². The van der Waals surface area contributed by atoms with Gasteiger partial charge in [-0.15, -0.1) is 0 Å². The van der Waals surface area contributed by atoms with Gasteiger partial charge >= 0.3 is 0 Å². The summed E-state index contributed by atoms with van der Waals surface area (Å²) in [4.78, 5) is 16.1. The van der Waals surface area contributed by atoms with Crippen LogP contribution < -0.4 is 0 Å². The van der Waals surface area contributed by atoms with Crippen LogP contribution in [0.1, 0.15) is 37.0 Å². The smallest absolute Gasteiger partial charge is 0.178 e. The SMILES string of the molecule is CCN1CCN(C2=NC(c3ccc(S(=O)(=O)CCCOC)cc3)(N3CCN(CC)CC3)Cc3ccccc32)CC1. The van der Waals surface area contributed by atoms with E-state index in [1.165, 1.54) is 11.1 Å². The fourth-order valence-corrected chi connectivity index (χ4v) is 7.64. The zero-order chi connectivity index (χ0) is 28.2. The van der Waals surface area contributed by atoms with E-state index >= 15 is 0 Å². The molecule has 0 radical (unpaired) electrons. The Bertz CT molecular complexity index is 1270. The maximum Gasteiger partial charge on any atom is 0.178 e. The number of fused-ring (bicyclic) bond motifs is 1. The molecule has 2 saturated heterocycles. The number of hydrogen-bond acceptors (Lipinski definition) is 8. The van der Waals surface area contributed by atoms with E-state index in [2.05, 4.69) is 57.7 Å². The van der Waals surface area contributed by atoms with Gasteiger partial charge in [0.25, 0.3) is 0 Å². The van der Waals surface area contributed by atoms with Gasteiger partial charge in [0, 0.05) is 78.1 Å². The molecule has 0 amide bonds. The van der Waals surface area contributed by atoms with E-state index in [1.54, 1.807) is 19.2 Å². The van der Waals surface area contributed by atoms with Gasteiger partial charge in [0.05, 0.1) is 10.6 Å². The zero-order valence-electron chi connectivity index (χ0n) is 24.4. The van der Waals surface area contributed by atoms with Crippen molar-refractivity contribution < 1.29 is 13.2 Å². The average Bonchev–Trinajstić information content (AvgIpc) is 3.00. The van der Waals surface area contributed by atoms with Gasteiger partial charge < -0.3 is 19.4 Å². The Morgan fingerprint density at radius 3 is 2.10 bits per heavy atom. The van der Waals surface area contributed by atoms with Crippen molar-refractivity contribution in [3.05, 3.63) is 65.2 Å². The number of benzene rings is 2. The van der Waals surface area contributed by atoms with E-state index in [1.807, 2.05) is 12.1 Å². The Morgan fingerprint density at radius 2 is 1.48 bits per heavy atom. The predicted molar refractivity (Wildman–Crippen MR) is 161 cm³/mol. The molecule has 0 saturated carbocycles. The molecule has 3 heterocycles. The van der Waals surface area contributed by atoms with Gasteiger partial charge in [-0.1, -0.05) is 50.2 Å². The molecule has 0 aromatic heterocycles. The molecular weight excluding hydrogens is 522 g/mol. The first-order valence-corrected chi connectivity index (χ1v) is 16.5. The van der Waals surface area contributed by atoms with Gasteiger partial charge in [-0.25, -0.2) is 13.4 Å². The van der Waals surface area contributed by atoms with Crippen LogP contribution in [0.15, 0.2) is 58.4 Å². The van der Waals surface area contributed by atoms with Crippen molar-refractivity contribution in [2.75, 3.05) is 84.9 Å². The van der Waals surface area contributed by atoms with Crippen LogP contribution in [0.5, 0.6) is 0 Å². The molecule has 9 heteroatoms. The predicted octanol–water partition coefficient (Wildman–Crippen LogP) is 2.93. The number of ether oxygens (including phenoxy) is 1. The van der Waals surface area contributed by atoms with Gasteiger partial charge in [-0.3, -0.25) is 4.90 Å². The molecule has 218 valence electrons. The highest BCUT2D eigenvalue weighted by Crippen LogP contribution is 2.40. The van der Waals surface area contributed by atoms with Crippen LogP contribution in [-0.4, -0.2) is 119 Å². The highest BCUT2D eigenvalue weighted by atomic mass is 32.2. The fraction of sp³-hybridized carbons (Fsp3) is 0.581. The van der Waals surface area contributed by atoms with Crippen molar-refractivity contribution >= 4 is 15.7 Å². The number of rotatable bonds is 9. The van der Waals surface area contributed by atoms with Crippen molar-refractivity contribution in [3.63, 3.8) is 0 Å². The van der Waals surface area contributed by atoms with E-state index in [0.717, 1.165) is 83.3 Å². The van der Waals surface area contributed by atoms with Crippen LogP contribution in [0.2, 0.25) is 0 Å². The number of aliphatic imine (C=N–C) groups is 1. The molecule has 3 aliphatic rings. The van der Waals surface area contributed by atoms with Crippen LogP contribution in [0, 0.1) is 0 Å². The molecule has 40 heavy (non-hydrogen) atoms. The molecule has 0 aliphatic carbocycles. The molecule has 2 fully saturated rings. The quantitative estimate of drug-likeness (QED) is 0.432. The van der Waals surface area contributed by atoms with Gasteiger partial charge in [-0.05, 0) is 42.8 Å². The second-order valence-corrected chi connectivity index (χ2v) is 13.2. The minimum absolute atomic E-state index is 0.0870. The third-order valence-corrected chi connectivity index (χ3v) is 10.7. The number of nitrogens with zero attached hydrogens (tertiary/aromatic N) is 5. The molecule has 2 aromatic rings. The highest BCUT2D eigenvalue weighted by molar-refractivity contribution is 7.91. The minimum Gasteiger partial charge on any atom is -0.385 e. The first-order chi connectivity index (χ1) is 19.4. The van der Waals surface area contributed by atoms with E-state index < -0.39 is 15.5 Å². The Hall–Kier alpha value is -2.30. The standard InChI is InChI=1S/C31H45N5O3S/c1-4-33-15-19-35(20-16-33)30-29-10-7-6-9-26(29)25-31(32-30,36-21-17-34(5-2)18-22-36)27-11-13-28(14-12-27)40(37,38)24-8-23-39-3/h6-7,9-14H,4-5,8,15-25H2,1-3H3. The molecule has 8 nitrogen and oxygen atoms in total. The van der Waals surface area contributed by atoms with Crippen LogP contribution in [0.3, 0.4) is 0 Å². The Balaban J connectivity index is 1.56. The molecule has 1 atom stereocenters. The van der Waals surface area contributed by atoms with Crippen LogP contribution in [-0.2, 0) is 26.7 Å². The number of likely N-dealkylation sites (N-methyl/N-ethyl adjacent to an activating group) is 2. The maximum atomic E-state index is 13.0. The van der Waals surface area contributed by atoms with Crippen molar-refractivity contribution in [3.8, 4) is 0 Å². The molecule has 0 bridgehead atoms. The fourth-order valence-electron chi connectivity index (χ4n) is 6.36. The summed E-state index contributed by atoms with van der Waals surface area (Å²) in [5.74, 6) is 1.16. The number of piperazine rings is 2. The Kier molecular flexibility index (Phi) is 9.27. The lowest BCUT2D eigenvalue weighted by molar-refractivity contribution is 0.0328. The van der Waals surface area contributed by atoms with E-state index in [4.69, 9.17) is 9.73 Å². The third kappa shape index (κ3) is 5.99. The molecule has 0 spiro atoms. The monoisotopic (exact) mass is 567 g/mol. The van der Waals surface area contributed by atoms with E-state index in [-0.39, 0.29) is 5.75 Å². The summed E-state index contributed by atoms with van der Waals surface area (Å²) >= 11 is 0. The summed E-state index contributed by atoms with van der Waals surface area (Å²) in [5, 5.41) is 0. The van der Waals surface area contributed by atoms with Crippen molar-refractivity contribution in [1.29, 1.82) is 0 Å². The van der Waals surface area contributed by atoms with Crippen molar-refractivity contribution in [1.82, 2.24) is 19.6 Å². The first-order valence-electron chi connectivity index (χ1n) is 14.8. The van der Waals surface area contributed by atoms with Crippen LogP contribution in [0.25, 0.3) is 0 Å². The van der Waals surface area contributed by atoms with Gasteiger partial charge in [0.15, 0.2) is 9.84 Å². The number of hydrogen-bond donors (Lipinski definition) is 0. The summed E-state index contributed by atoms with van der Waals surface area (Å²) in [5.41, 5.74) is 3.02. The second kappa shape index (κ2) is 12.7. The summed E-state index contributed by atoms with van der Waals surface area (Å²) in [6, 6.07) is 16.3. The highest BCUT2D eigenvalue weighted by Gasteiger charge is 2.44. The van der Waals surface area contributed by atoms with Gasteiger partial charge in [-0.2, -0.15) is 0 Å². The van der Waals surface area contributed by atoms with Crippen LogP contribution in [0.4, 0.5) is 0 Å². The molecule has 1 unspecified atom stereocenters.